The van der Waals surface area contributed by atoms with Crippen molar-refractivity contribution in [2.45, 2.75) is 32.8 Å². The summed E-state index contributed by atoms with van der Waals surface area (Å²) in [4.78, 5) is 17.1. The second-order valence-corrected chi connectivity index (χ2v) is 12.5. The lowest BCUT2D eigenvalue weighted by Gasteiger charge is -2.21. The van der Waals surface area contributed by atoms with Gasteiger partial charge in [0.1, 0.15) is 6.61 Å². The van der Waals surface area contributed by atoms with Crippen molar-refractivity contribution in [1.82, 2.24) is 4.98 Å². The molecule has 1 heterocycles. The minimum atomic E-state index is -3.50. The number of methoxy groups -OCH3 is 1. The average molecular weight is 571 g/mol. The Bertz CT molecular complexity index is 1670. The van der Waals surface area contributed by atoms with E-state index in [2.05, 4.69) is 48.7 Å². The number of benzene rings is 3. The number of sulfonamides is 1. The maximum Gasteiger partial charge on any atom is 0.338 e. The number of nitrogens with zero attached hydrogens (tertiary/aromatic N) is 1. The first-order valence-electron chi connectivity index (χ1n) is 13.1. The molecule has 0 aliphatic rings. The van der Waals surface area contributed by atoms with E-state index in [0.29, 0.717) is 18.1 Å². The van der Waals surface area contributed by atoms with Crippen LogP contribution in [0.5, 0.6) is 5.88 Å². The molecule has 4 aromatic rings. The fraction of sp³-hybridized carbons (Fsp3) is 0.212. The first kappa shape index (κ1) is 29.6. The standard InChI is InChI=1S/C33H34N2O5S/c1-33(2,3)27-19-24(13-14-25-15-16-28(35-41(5,37)38)21-30(25)32(36)39-4)18-26(20-27)29-12-9-17-34-31(29)40-22-23-10-7-6-8-11-23/h6-21,35H,22H2,1-5H3. The Hall–Kier alpha value is -4.43. The SMILES string of the molecule is COC(=O)c1cc(NS(C)(=O)=O)ccc1C=Cc1cc(-c2cccnc2OCc2ccccc2)cc(C(C)(C)C)c1. The molecule has 0 unspecified atom stereocenters. The molecule has 0 bridgehead atoms. The van der Waals surface area contributed by atoms with Gasteiger partial charge in [-0.2, -0.15) is 0 Å². The molecule has 0 amide bonds. The van der Waals surface area contributed by atoms with E-state index in [1.807, 2.05) is 54.6 Å². The molecule has 4 rings (SSSR count). The second-order valence-electron chi connectivity index (χ2n) is 10.7. The van der Waals surface area contributed by atoms with E-state index < -0.39 is 16.0 Å². The van der Waals surface area contributed by atoms with Crippen LogP contribution in [0, 0.1) is 0 Å². The van der Waals surface area contributed by atoms with Crippen molar-refractivity contribution in [3.8, 4) is 17.0 Å². The molecule has 0 aliphatic heterocycles. The number of hydrogen-bond donors (Lipinski definition) is 1. The summed E-state index contributed by atoms with van der Waals surface area (Å²) >= 11 is 0. The summed E-state index contributed by atoms with van der Waals surface area (Å²) in [5, 5.41) is 0. The smallest absolute Gasteiger partial charge is 0.338 e. The maximum absolute atomic E-state index is 12.5. The maximum atomic E-state index is 12.5. The summed E-state index contributed by atoms with van der Waals surface area (Å²) in [6, 6.07) is 24.9. The van der Waals surface area contributed by atoms with E-state index in [4.69, 9.17) is 9.47 Å². The van der Waals surface area contributed by atoms with Crippen molar-refractivity contribution >= 4 is 33.8 Å². The molecule has 0 atom stereocenters. The number of esters is 1. The summed E-state index contributed by atoms with van der Waals surface area (Å²) in [6.45, 7) is 6.85. The Morgan fingerprint density at radius 3 is 2.39 bits per heavy atom. The first-order chi connectivity index (χ1) is 19.4. The fourth-order valence-electron chi connectivity index (χ4n) is 4.24. The number of ether oxygens (including phenoxy) is 2. The molecular formula is C33H34N2O5S. The molecule has 0 radical (unpaired) electrons. The summed E-state index contributed by atoms with van der Waals surface area (Å²) in [5.41, 5.74) is 5.89. The zero-order valence-electron chi connectivity index (χ0n) is 23.8. The molecular weight excluding hydrogens is 536 g/mol. The number of pyridine rings is 1. The van der Waals surface area contributed by atoms with E-state index >= 15 is 0 Å². The van der Waals surface area contributed by atoms with E-state index in [1.165, 1.54) is 13.2 Å². The predicted octanol–water partition coefficient (Wildman–Crippen LogP) is 6.95. The molecule has 0 saturated heterocycles. The number of rotatable bonds is 9. The van der Waals surface area contributed by atoms with E-state index in [1.54, 1.807) is 18.3 Å². The zero-order valence-corrected chi connectivity index (χ0v) is 24.7. The van der Waals surface area contributed by atoms with Gasteiger partial charge in [-0.15, -0.1) is 0 Å². The lowest BCUT2D eigenvalue weighted by atomic mass is 9.84. The Morgan fingerprint density at radius 1 is 0.951 bits per heavy atom. The molecule has 7 nitrogen and oxygen atoms in total. The van der Waals surface area contributed by atoms with E-state index in [0.717, 1.165) is 34.1 Å². The van der Waals surface area contributed by atoms with Gasteiger partial charge in [0.15, 0.2) is 0 Å². The summed E-state index contributed by atoms with van der Waals surface area (Å²) in [7, 11) is -2.21. The number of carbonyl (C=O) groups excluding carboxylic acids is 1. The predicted molar refractivity (Wildman–Crippen MR) is 164 cm³/mol. The van der Waals surface area contributed by atoms with Crippen LogP contribution >= 0.6 is 0 Å². The third-order valence-corrected chi connectivity index (χ3v) is 6.95. The third-order valence-electron chi connectivity index (χ3n) is 6.34. The Labute approximate surface area is 241 Å². The van der Waals surface area contributed by atoms with Gasteiger partial charge < -0.3 is 9.47 Å². The normalized spacial score (nSPS) is 11.8. The van der Waals surface area contributed by atoms with Crippen molar-refractivity contribution in [3.05, 3.63) is 113 Å². The molecule has 0 saturated carbocycles. The lowest BCUT2D eigenvalue weighted by Crippen LogP contribution is -2.11. The zero-order chi connectivity index (χ0) is 29.6. The lowest BCUT2D eigenvalue weighted by molar-refractivity contribution is 0.0600. The molecule has 0 aliphatic carbocycles. The van der Waals surface area contributed by atoms with Gasteiger partial charge in [0, 0.05) is 17.4 Å². The van der Waals surface area contributed by atoms with Gasteiger partial charge in [-0.3, -0.25) is 4.72 Å². The van der Waals surface area contributed by atoms with Crippen molar-refractivity contribution in [1.29, 1.82) is 0 Å². The van der Waals surface area contributed by atoms with Gasteiger partial charge in [0.05, 0.1) is 18.9 Å². The highest BCUT2D eigenvalue weighted by atomic mass is 32.2. The van der Waals surface area contributed by atoms with Crippen molar-refractivity contribution in [2.24, 2.45) is 0 Å². The van der Waals surface area contributed by atoms with Gasteiger partial charge >= 0.3 is 5.97 Å². The van der Waals surface area contributed by atoms with Crippen LogP contribution in [0.2, 0.25) is 0 Å². The fourth-order valence-corrected chi connectivity index (χ4v) is 4.79. The van der Waals surface area contributed by atoms with Gasteiger partial charge in [0.2, 0.25) is 15.9 Å². The minimum absolute atomic E-state index is 0.137. The molecule has 8 heteroatoms. The number of aromatic nitrogens is 1. The van der Waals surface area contributed by atoms with Crippen LogP contribution in [0.4, 0.5) is 5.69 Å². The van der Waals surface area contributed by atoms with Crippen LogP contribution in [0.25, 0.3) is 23.3 Å². The number of carbonyl (C=O) groups is 1. The summed E-state index contributed by atoms with van der Waals surface area (Å²) in [5.74, 6) is -0.0271. The second kappa shape index (κ2) is 12.4. The largest absolute Gasteiger partial charge is 0.472 e. The highest BCUT2D eigenvalue weighted by molar-refractivity contribution is 7.92. The Balaban J connectivity index is 1.73. The van der Waals surface area contributed by atoms with Crippen LogP contribution in [-0.4, -0.2) is 32.7 Å². The van der Waals surface area contributed by atoms with Crippen LogP contribution in [0.3, 0.4) is 0 Å². The molecule has 41 heavy (non-hydrogen) atoms. The quantitative estimate of drug-likeness (QED) is 0.173. The number of hydrogen-bond acceptors (Lipinski definition) is 6. The van der Waals surface area contributed by atoms with Gasteiger partial charge in [-0.05, 0) is 63.6 Å². The Kier molecular flexibility index (Phi) is 8.93. The highest BCUT2D eigenvalue weighted by Gasteiger charge is 2.18. The molecule has 1 aromatic heterocycles. The highest BCUT2D eigenvalue weighted by Crippen LogP contribution is 2.34. The summed E-state index contributed by atoms with van der Waals surface area (Å²) in [6.07, 6.45) is 6.51. The molecule has 212 valence electrons. The average Bonchev–Trinajstić information content (AvgIpc) is 2.94. The topological polar surface area (TPSA) is 94.6 Å². The van der Waals surface area contributed by atoms with Crippen molar-refractivity contribution in [3.63, 3.8) is 0 Å². The van der Waals surface area contributed by atoms with Crippen LogP contribution in [-0.2, 0) is 26.8 Å². The van der Waals surface area contributed by atoms with Gasteiger partial charge in [0.25, 0.3) is 0 Å². The van der Waals surface area contributed by atoms with Crippen LogP contribution in [0.15, 0.2) is 85.1 Å². The van der Waals surface area contributed by atoms with Crippen molar-refractivity contribution in [2.75, 3.05) is 18.1 Å². The van der Waals surface area contributed by atoms with E-state index in [9.17, 15) is 13.2 Å². The molecule has 3 aromatic carbocycles. The molecule has 0 spiro atoms. The monoisotopic (exact) mass is 570 g/mol. The number of nitrogens with one attached hydrogen (secondary N) is 1. The number of anilines is 1. The molecule has 1 N–H and O–H groups in total. The van der Waals surface area contributed by atoms with E-state index in [-0.39, 0.29) is 16.7 Å². The molecule has 0 fully saturated rings. The first-order valence-corrected chi connectivity index (χ1v) is 15.0. The van der Waals surface area contributed by atoms with Gasteiger partial charge in [-0.1, -0.05) is 81.5 Å². The van der Waals surface area contributed by atoms with Gasteiger partial charge in [-0.25, -0.2) is 18.2 Å². The van der Waals surface area contributed by atoms with Crippen molar-refractivity contribution < 1.29 is 22.7 Å². The van der Waals surface area contributed by atoms with Crippen LogP contribution < -0.4 is 9.46 Å². The summed E-state index contributed by atoms with van der Waals surface area (Å²) < 4.78 is 36.9. The third kappa shape index (κ3) is 8.05. The Morgan fingerprint density at radius 2 is 1.71 bits per heavy atom. The minimum Gasteiger partial charge on any atom is -0.472 e. The van der Waals surface area contributed by atoms with Crippen LogP contribution in [0.1, 0.15) is 53.4 Å².